The summed E-state index contributed by atoms with van der Waals surface area (Å²) in [5.74, 6) is -0.993. The minimum absolute atomic E-state index is 0.0190. The summed E-state index contributed by atoms with van der Waals surface area (Å²) >= 11 is 6.85. The van der Waals surface area contributed by atoms with Gasteiger partial charge in [0.05, 0.1) is 18.7 Å². The molecule has 0 radical (unpaired) electrons. The van der Waals surface area contributed by atoms with Crippen LogP contribution in [0.4, 0.5) is 10.2 Å². The highest BCUT2D eigenvalue weighted by Gasteiger charge is 2.43. The molecule has 1 aromatic carbocycles. The highest BCUT2D eigenvalue weighted by atomic mass is 35.5. The number of piperazine rings is 1. The molecule has 0 spiro atoms. The van der Waals surface area contributed by atoms with Crippen LogP contribution in [0.1, 0.15) is 23.2 Å². The number of nitrogens with zero attached hydrogens (tertiary/aromatic N) is 4. The molecule has 2 fully saturated rings. The number of benzene rings is 1. The summed E-state index contributed by atoms with van der Waals surface area (Å²) in [6.45, 7) is 4.90. The first-order valence-corrected chi connectivity index (χ1v) is 13.1. The summed E-state index contributed by atoms with van der Waals surface area (Å²) in [5.41, 5.74) is 0.172. The molecule has 0 aliphatic carbocycles. The van der Waals surface area contributed by atoms with Crippen molar-refractivity contribution < 1.29 is 28.2 Å². The number of amides is 3. The third kappa shape index (κ3) is 4.54. The minimum atomic E-state index is -0.616. The van der Waals surface area contributed by atoms with Crippen LogP contribution < -0.4 is 19.7 Å². The predicted octanol–water partition coefficient (Wildman–Crippen LogP) is 2.50. The summed E-state index contributed by atoms with van der Waals surface area (Å²) in [6, 6.07) is 3.32. The fourth-order valence-corrected chi connectivity index (χ4v) is 5.80. The van der Waals surface area contributed by atoms with E-state index < -0.39 is 17.9 Å². The Morgan fingerprint density at radius 2 is 2.05 bits per heavy atom. The Bertz CT molecular complexity index is 1350. The van der Waals surface area contributed by atoms with Crippen molar-refractivity contribution in [3.05, 3.63) is 47.3 Å². The first-order chi connectivity index (χ1) is 18.8. The van der Waals surface area contributed by atoms with E-state index >= 15 is 4.39 Å². The zero-order valence-corrected chi connectivity index (χ0v) is 22.5. The number of fused-ring (bicyclic) bond motifs is 2. The third-order valence-corrected chi connectivity index (χ3v) is 7.80. The number of anilines is 1. The van der Waals surface area contributed by atoms with Crippen LogP contribution in [0.2, 0.25) is 5.02 Å². The lowest BCUT2D eigenvalue weighted by Crippen LogP contribution is -2.57. The number of halogens is 2. The molecule has 0 bridgehead atoms. The van der Waals surface area contributed by atoms with Gasteiger partial charge in [0.25, 0.3) is 5.91 Å². The molecule has 1 N–H and O–H groups in total. The van der Waals surface area contributed by atoms with Gasteiger partial charge in [-0.2, -0.15) is 0 Å². The largest absolute Gasteiger partial charge is 0.496 e. The van der Waals surface area contributed by atoms with Crippen molar-refractivity contribution in [2.45, 2.75) is 24.9 Å². The number of hydrogen-bond donors (Lipinski definition) is 1. The maximum atomic E-state index is 15.2. The maximum Gasteiger partial charge on any atom is 0.261 e. The zero-order chi connectivity index (χ0) is 27.8. The molecule has 3 amide bonds. The lowest BCUT2D eigenvalue weighted by Gasteiger charge is -2.39. The quantitative estimate of drug-likeness (QED) is 0.563. The lowest BCUT2D eigenvalue weighted by molar-refractivity contribution is -0.128. The molecule has 206 valence electrons. The SMILES string of the molecule is C=CC(=O)N1CCN2C(=O)c3c(N4CCC[C@H]4C(=O)NC)nc(-c4c(F)cccc4OC)c(Cl)c3OCC2C1. The van der Waals surface area contributed by atoms with E-state index in [0.717, 1.165) is 0 Å². The zero-order valence-electron chi connectivity index (χ0n) is 21.7. The molecule has 2 aromatic rings. The molecule has 3 aliphatic heterocycles. The molecule has 39 heavy (non-hydrogen) atoms. The van der Waals surface area contributed by atoms with Crippen LogP contribution in [0.15, 0.2) is 30.9 Å². The number of rotatable bonds is 5. The average Bonchev–Trinajstić information content (AvgIpc) is 3.39. The van der Waals surface area contributed by atoms with E-state index in [1.807, 2.05) is 0 Å². The Labute approximate surface area is 230 Å². The van der Waals surface area contributed by atoms with Gasteiger partial charge in [0, 0.05) is 33.2 Å². The van der Waals surface area contributed by atoms with Crippen LogP contribution in [0.3, 0.4) is 0 Å². The molecule has 2 atom stereocenters. The fraction of sp³-hybridized carbons (Fsp3) is 0.407. The summed E-state index contributed by atoms with van der Waals surface area (Å²) in [6.07, 6.45) is 2.48. The Morgan fingerprint density at radius 3 is 2.77 bits per heavy atom. The second-order valence-electron chi connectivity index (χ2n) is 9.54. The Balaban J connectivity index is 1.70. The van der Waals surface area contributed by atoms with Crippen molar-refractivity contribution in [3.8, 4) is 22.8 Å². The number of carbonyl (C=O) groups excluding carboxylic acids is 3. The van der Waals surface area contributed by atoms with Crippen LogP contribution in [0.5, 0.6) is 11.5 Å². The van der Waals surface area contributed by atoms with Crippen LogP contribution in [-0.2, 0) is 9.59 Å². The van der Waals surface area contributed by atoms with Crippen LogP contribution >= 0.6 is 11.6 Å². The summed E-state index contributed by atoms with van der Waals surface area (Å²) in [7, 11) is 2.96. The van der Waals surface area contributed by atoms with E-state index in [0.29, 0.717) is 25.9 Å². The second-order valence-corrected chi connectivity index (χ2v) is 9.91. The summed E-state index contributed by atoms with van der Waals surface area (Å²) in [4.78, 5) is 49.0. The van der Waals surface area contributed by atoms with Crippen molar-refractivity contribution in [1.29, 1.82) is 0 Å². The van der Waals surface area contributed by atoms with E-state index in [2.05, 4.69) is 11.9 Å². The first kappa shape index (κ1) is 26.7. The van der Waals surface area contributed by atoms with Crippen molar-refractivity contribution in [3.63, 3.8) is 0 Å². The smallest absolute Gasteiger partial charge is 0.261 e. The molecular formula is C27H29ClFN5O5. The molecule has 5 rings (SSSR count). The number of aromatic nitrogens is 1. The Kier molecular flexibility index (Phi) is 7.35. The number of ether oxygens (including phenoxy) is 2. The number of nitrogens with one attached hydrogen (secondary N) is 1. The van der Waals surface area contributed by atoms with Gasteiger partial charge < -0.3 is 29.5 Å². The monoisotopic (exact) mass is 557 g/mol. The van der Waals surface area contributed by atoms with E-state index in [4.69, 9.17) is 26.1 Å². The maximum absolute atomic E-state index is 15.2. The van der Waals surface area contributed by atoms with Gasteiger partial charge in [0.1, 0.15) is 46.3 Å². The Morgan fingerprint density at radius 1 is 1.26 bits per heavy atom. The van der Waals surface area contributed by atoms with Crippen molar-refractivity contribution in [2.24, 2.45) is 0 Å². The number of pyridine rings is 1. The van der Waals surface area contributed by atoms with Crippen molar-refractivity contribution in [1.82, 2.24) is 20.1 Å². The van der Waals surface area contributed by atoms with Crippen LogP contribution in [-0.4, -0.2) is 91.5 Å². The Hall–Kier alpha value is -3.86. The molecule has 3 aliphatic rings. The molecule has 10 nitrogen and oxygen atoms in total. The minimum Gasteiger partial charge on any atom is -0.496 e. The number of methoxy groups -OCH3 is 1. The molecule has 12 heteroatoms. The van der Waals surface area contributed by atoms with E-state index in [1.54, 1.807) is 27.8 Å². The normalized spacial score (nSPS) is 20.5. The van der Waals surface area contributed by atoms with Crippen LogP contribution in [0, 0.1) is 5.82 Å². The summed E-state index contributed by atoms with van der Waals surface area (Å²) < 4.78 is 26.8. The van der Waals surface area contributed by atoms with E-state index in [9.17, 15) is 14.4 Å². The second kappa shape index (κ2) is 10.7. The fourth-order valence-electron chi connectivity index (χ4n) is 5.51. The van der Waals surface area contributed by atoms with Crippen molar-refractivity contribution in [2.75, 3.05) is 51.8 Å². The molecule has 1 aromatic heterocycles. The first-order valence-electron chi connectivity index (χ1n) is 12.7. The molecule has 4 heterocycles. The predicted molar refractivity (Wildman–Crippen MR) is 143 cm³/mol. The standard InChI is InChI=1S/C27H29ClFN5O5/c1-4-19(35)32-11-12-33-15(13-32)14-39-24-21(27(33)37)25(34-10-6-8-17(34)26(36)30-2)31-23(22(24)28)20-16(29)7-5-9-18(20)38-3/h4-5,7,9,15,17H,1,6,8,10-14H2,2-3H3,(H,30,36)/t15?,17-/m0/s1. The third-order valence-electron chi connectivity index (χ3n) is 7.45. The van der Waals surface area contributed by atoms with Gasteiger partial charge in [-0.25, -0.2) is 9.37 Å². The number of carbonyl (C=O) groups is 3. The van der Waals surface area contributed by atoms with Crippen LogP contribution in [0.25, 0.3) is 11.3 Å². The molecule has 2 saturated heterocycles. The molecular weight excluding hydrogens is 529 g/mol. The average molecular weight is 558 g/mol. The van der Waals surface area contributed by atoms with Gasteiger partial charge in [0.15, 0.2) is 5.75 Å². The lowest BCUT2D eigenvalue weighted by atomic mass is 10.0. The van der Waals surface area contributed by atoms with E-state index in [-0.39, 0.29) is 76.6 Å². The van der Waals surface area contributed by atoms with Gasteiger partial charge in [-0.15, -0.1) is 0 Å². The molecule has 0 saturated carbocycles. The molecule has 1 unspecified atom stereocenters. The van der Waals surface area contributed by atoms with Gasteiger partial charge in [-0.3, -0.25) is 14.4 Å². The van der Waals surface area contributed by atoms with Gasteiger partial charge in [0.2, 0.25) is 11.8 Å². The number of hydrogen-bond acceptors (Lipinski definition) is 7. The van der Waals surface area contributed by atoms with Crippen molar-refractivity contribution >= 4 is 35.1 Å². The van der Waals surface area contributed by atoms with Gasteiger partial charge in [-0.05, 0) is 31.1 Å². The summed E-state index contributed by atoms with van der Waals surface area (Å²) in [5, 5.41) is 2.63. The van der Waals surface area contributed by atoms with E-state index in [1.165, 1.54) is 25.3 Å². The van der Waals surface area contributed by atoms with Gasteiger partial charge in [-0.1, -0.05) is 24.2 Å². The topological polar surface area (TPSA) is 104 Å². The highest BCUT2D eigenvalue weighted by molar-refractivity contribution is 6.35. The van der Waals surface area contributed by atoms with Gasteiger partial charge >= 0.3 is 0 Å². The number of likely N-dealkylation sites (N-methyl/N-ethyl adjacent to an activating group) is 1. The highest BCUT2D eigenvalue weighted by Crippen LogP contribution is 2.47.